The van der Waals surface area contributed by atoms with Crippen molar-refractivity contribution in [2.45, 2.75) is 32.7 Å². The number of hydrogen-bond donors (Lipinski definition) is 1. The zero-order valence-electron chi connectivity index (χ0n) is 13.0. The molecule has 6 heteroatoms. The van der Waals surface area contributed by atoms with Crippen LogP contribution in [-0.2, 0) is 0 Å². The van der Waals surface area contributed by atoms with Crippen LogP contribution < -0.4 is 5.32 Å². The molecule has 1 N–H and O–H groups in total. The highest BCUT2D eigenvalue weighted by atomic mass is 35.5. The first-order valence-corrected chi connectivity index (χ1v) is 8.01. The molecule has 2 nitrogen and oxygen atoms in total. The topological polar surface area (TPSA) is 15.3 Å². The Bertz CT molecular complexity index is 456. The Morgan fingerprint density at radius 2 is 1.77 bits per heavy atom. The van der Waals surface area contributed by atoms with E-state index >= 15 is 0 Å². The summed E-state index contributed by atoms with van der Waals surface area (Å²) in [6.45, 7) is 7.49. The highest BCUT2D eigenvalue weighted by Crippen LogP contribution is 2.36. The van der Waals surface area contributed by atoms with E-state index in [1.807, 2.05) is 0 Å². The highest BCUT2D eigenvalue weighted by Gasteiger charge is 2.31. The fourth-order valence-electron chi connectivity index (χ4n) is 3.24. The summed E-state index contributed by atoms with van der Waals surface area (Å²) < 4.78 is 28.7. The van der Waals surface area contributed by atoms with Crippen molar-refractivity contribution in [1.29, 1.82) is 0 Å². The Kier molecular flexibility index (Phi) is 8.04. The Morgan fingerprint density at radius 1 is 1.23 bits per heavy atom. The van der Waals surface area contributed by atoms with Gasteiger partial charge in [0.25, 0.3) is 0 Å². The number of nitrogens with zero attached hydrogens (tertiary/aromatic N) is 1. The van der Waals surface area contributed by atoms with E-state index in [1.165, 1.54) is 12.1 Å². The van der Waals surface area contributed by atoms with Crippen molar-refractivity contribution in [1.82, 2.24) is 10.2 Å². The van der Waals surface area contributed by atoms with Crippen LogP contribution in [0.3, 0.4) is 0 Å². The molecule has 1 aliphatic rings. The maximum atomic E-state index is 14.4. The van der Waals surface area contributed by atoms with Crippen molar-refractivity contribution in [2.75, 3.05) is 26.2 Å². The average Bonchev–Trinajstić information content (AvgIpc) is 2.43. The minimum absolute atomic E-state index is 0. The molecule has 2 rings (SSSR count). The monoisotopic (exact) mass is 352 g/mol. The second kappa shape index (κ2) is 9.02. The maximum absolute atomic E-state index is 14.4. The summed E-state index contributed by atoms with van der Waals surface area (Å²) >= 11 is 5.75. The lowest BCUT2D eigenvalue weighted by Crippen LogP contribution is -2.47. The van der Waals surface area contributed by atoms with Gasteiger partial charge in [0.2, 0.25) is 0 Å². The maximum Gasteiger partial charge on any atom is 0.132 e. The lowest BCUT2D eigenvalue weighted by Gasteiger charge is -2.39. The summed E-state index contributed by atoms with van der Waals surface area (Å²) in [6, 6.07) is 2.20. The number of halogens is 4. The van der Waals surface area contributed by atoms with Crippen molar-refractivity contribution in [3.8, 4) is 0 Å². The molecule has 1 saturated heterocycles. The van der Waals surface area contributed by atoms with E-state index in [4.69, 9.17) is 11.6 Å². The third kappa shape index (κ3) is 4.54. The van der Waals surface area contributed by atoms with Crippen molar-refractivity contribution in [3.05, 3.63) is 34.4 Å². The molecule has 1 aromatic rings. The summed E-state index contributed by atoms with van der Waals surface area (Å²) in [5.74, 6) is -0.878. The molecule has 0 saturated carbocycles. The van der Waals surface area contributed by atoms with Crippen LogP contribution in [0.25, 0.3) is 0 Å². The zero-order chi connectivity index (χ0) is 15.4. The van der Waals surface area contributed by atoms with E-state index in [9.17, 15) is 8.78 Å². The van der Waals surface area contributed by atoms with E-state index < -0.39 is 11.6 Å². The molecule has 0 aliphatic carbocycles. The van der Waals surface area contributed by atoms with Gasteiger partial charge in [-0.25, -0.2) is 8.78 Å². The van der Waals surface area contributed by atoms with E-state index in [1.54, 1.807) is 0 Å². The van der Waals surface area contributed by atoms with Gasteiger partial charge in [-0.15, -0.1) is 12.4 Å². The summed E-state index contributed by atoms with van der Waals surface area (Å²) in [5, 5.41) is 3.39. The van der Waals surface area contributed by atoms with Crippen LogP contribution in [0, 0.1) is 17.6 Å². The molecule has 2 atom stereocenters. The zero-order valence-corrected chi connectivity index (χ0v) is 14.6. The van der Waals surface area contributed by atoms with Crippen molar-refractivity contribution in [3.63, 3.8) is 0 Å². The fraction of sp³-hybridized carbons (Fsp3) is 0.625. The van der Waals surface area contributed by atoms with Crippen LogP contribution in [-0.4, -0.2) is 31.1 Å². The third-order valence-corrected chi connectivity index (χ3v) is 4.39. The van der Waals surface area contributed by atoms with Crippen LogP contribution >= 0.6 is 24.0 Å². The van der Waals surface area contributed by atoms with E-state index in [-0.39, 0.29) is 35.0 Å². The van der Waals surface area contributed by atoms with Crippen LogP contribution in [0.1, 0.15) is 38.3 Å². The number of rotatable bonds is 5. The van der Waals surface area contributed by atoms with Gasteiger partial charge in [0.05, 0.1) is 0 Å². The molecule has 1 aliphatic heterocycles. The predicted molar refractivity (Wildman–Crippen MR) is 89.9 cm³/mol. The molecule has 0 bridgehead atoms. The molecule has 0 spiro atoms. The van der Waals surface area contributed by atoms with Gasteiger partial charge in [0, 0.05) is 42.8 Å². The molecule has 0 aromatic heterocycles. The molecule has 126 valence electrons. The summed E-state index contributed by atoms with van der Waals surface area (Å²) in [6.07, 6.45) is 1.94. The normalized spacial score (nSPS) is 18.6. The molecule has 22 heavy (non-hydrogen) atoms. The number of benzene rings is 1. The molecule has 0 radical (unpaired) electrons. The molecular formula is C16H24Cl2F2N2. The van der Waals surface area contributed by atoms with Gasteiger partial charge in [-0.05, 0) is 24.5 Å². The van der Waals surface area contributed by atoms with Crippen LogP contribution in [0.4, 0.5) is 8.78 Å². The second-order valence-corrected chi connectivity index (χ2v) is 6.22. The summed E-state index contributed by atoms with van der Waals surface area (Å²) in [4.78, 5) is 2.19. The minimum atomic E-state index is -0.536. The van der Waals surface area contributed by atoms with Gasteiger partial charge in [0.1, 0.15) is 11.6 Å². The first-order valence-electron chi connectivity index (χ1n) is 7.63. The van der Waals surface area contributed by atoms with Crippen LogP contribution in [0.2, 0.25) is 5.02 Å². The number of piperazine rings is 1. The smallest absolute Gasteiger partial charge is 0.132 e. The Labute approximate surface area is 142 Å². The standard InChI is InChI=1S/C16H23ClF2N2.ClH/c1-3-4-11(2)16(21-7-5-20-6-8-21)15-13(18)9-12(17)10-14(15)19;/h9-11,16,20H,3-8H2,1-2H3;1H/t11?,16-;/m1./s1. The van der Waals surface area contributed by atoms with Gasteiger partial charge < -0.3 is 5.32 Å². The SMILES string of the molecule is CCCC(C)[C@H](c1c(F)cc(Cl)cc1F)N1CCNCC1.Cl. The van der Waals surface area contributed by atoms with E-state index in [2.05, 4.69) is 24.1 Å². The molecular weight excluding hydrogens is 329 g/mol. The molecule has 1 fully saturated rings. The molecule has 1 unspecified atom stereocenters. The molecule has 1 aromatic carbocycles. The first kappa shape index (κ1) is 19.6. The van der Waals surface area contributed by atoms with Crippen molar-refractivity contribution >= 4 is 24.0 Å². The second-order valence-electron chi connectivity index (χ2n) is 5.78. The van der Waals surface area contributed by atoms with Gasteiger partial charge in [0.15, 0.2) is 0 Å². The van der Waals surface area contributed by atoms with Crippen LogP contribution in [0.5, 0.6) is 0 Å². The molecule has 0 amide bonds. The van der Waals surface area contributed by atoms with E-state index in [0.717, 1.165) is 39.0 Å². The Hall–Kier alpha value is -0.420. The van der Waals surface area contributed by atoms with Gasteiger partial charge in [-0.1, -0.05) is 31.9 Å². The van der Waals surface area contributed by atoms with Crippen LogP contribution in [0.15, 0.2) is 12.1 Å². The number of hydrogen-bond acceptors (Lipinski definition) is 2. The minimum Gasteiger partial charge on any atom is -0.314 e. The van der Waals surface area contributed by atoms with Gasteiger partial charge >= 0.3 is 0 Å². The molecule has 1 heterocycles. The Morgan fingerprint density at radius 3 is 2.27 bits per heavy atom. The Balaban J connectivity index is 0.00000242. The van der Waals surface area contributed by atoms with Crippen molar-refractivity contribution < 1.29 is 8.78 Å². The third-order valence-electron chi connectivity index (χ3n) is 4.17. The average molecular weight is 353 g/mol. The first-order chi connectivity index (χ1) is 10.0. The van der Waals surface area contributed by atoms with E-state index in [0.29, 0.717) is 0 Å². The predicted octanol–water partition coefficient (Wildman–Crippen LogP) is 4.42. The highest BCUT2D eigenvalue weighted by molar-refractivity contribution is 6.30. The summed E-state index contributed by atoms with van der Waals surface area (Å²) in [7, 11) is 0. The number of nitrogens with one attached hydrogen (secondary N) is 1. The quantitative estimate of drug-likeness (QED) is 0.843. The largest absolute Gasteiger partial charge is 0.314 e. The van der Waals surface area contributed by atoms with Crippen molar-refractivity contribution in [2.24, 2.45) is 5.92 Å². The fourth-order valence-corrected chi connectivity index (χ4v) is 3.43. The lowest BCUT2D eigenvalue weighted by molar-refractivity contribution is 0.120. The van der Waals surface area contributed by atoms with Gasteiger partial charge in [-0.2, -0.15) is 0 Å². The van der Waals surface area contributed by atoms with Gasteiger partial charge in [-0.3, -0.25) is 4.90 Å². The lowest BCUT2D eigenvalue weighted by atomic mass is 9.88. The summed E-state index contributed by atoms with van der Waals surface area (Å²) in [5.41, 5.74) is 0.169.